The topological polar surface area (TPSA) is 93.6 Å². The molecule has 0 saturated heterocycles. The molecular weight excluding hydrogens is 288 g/mol. The smallest absolute Gasteiger partial charge is 0.187 e. The van der Waals surface area contributed by atoms with E-state index >= 15 is 0 Å². The Morgan fingerprint density at radius 3 is 2.71 bits per heavy atom. The summed E-state index contributed by atoms with van der Waals surface area (Å²) in [6.45, 7) is 1.95. The van der Waals surface area contributed by atoms with E-state index in [-0.39, 0.29) is 5.84 Å². The highest BCUT2D eigenvalue weighted by Crippen LogP contribution is 2.24. The van der Waals surface area contributed by atoms with Crippen LogP contribution < -0.4 is 10.5 Å². The summed E-state index contributed by atoms with van der Waals surface area (Å²) in [5.41, 5.74) is 8.24. The molecule has 1 aromatic heterocycles. The molecule has 6 nitrogen and oxygen atoms in total. The van der Waals surface area contributed by atoms with Crippen LogP contribution in [-0.4, -0.2) is 28.1 Å². The Balaban J connectivity index is 2.15. The number of nitrogens with zero attached hydrogens (tertiary/aromatic N) is 3. The molecule has 0 fully saturated rings. The minimum atomic E-state index is 0.0188. The van der Waals surface area contributed by atoms with Gasteiger partial charge in [0, 0.05) is 18.1 Å². The largest absolute Gasteiger partial charge is 0.496 e. The van der Waals surface area contributed by atoms with Gasteiger partial charge in [0.15, 0.2) is 11.0 Å². The van der Waals surface area contributed by atoms with Crippen molar-refractivity contribution in [3.05, 3.63) is 47.3 Å². The molecular formula is C14H16N4O2S. The number of methoxy groups -OCH3 is 1. The first-order valence-corrected chi connectivity index (χ1v) is 7.19. The van der Waals surface area contributed by atoms with E-state index in [2.05, 4.69) is 15.1 Å². The zero-order valence-corrected chi connectivity index (χ0v) is 12.6. The predicted octanol–water partition coefficient (Wildman–Crippen LogP) is 2.18. The van der Waals surface area contributed by atoms with Gasteiger partial charge in [0.25, 0.3) is 0 Å². The molecule has 0 bridgehead atoms. The number of rotatable bonds is 5. The van der Waals surface area contributed by atoms with Crippen LogP contribution in [0.3, 0.4) is 0 Å². The van der Waals surface area contributed by atoms with Gasteiger partial charge in [-0.15, -0.1) is 0 Å². The van der Waals surface area contributed by atoms with Crippen molar-refractivity contribution in [2.24, 2.45) is 10.9 Å². The van der Waals surface area contributed by atoms with Gasteiger partial charge in [-0.25, -0.2) is 9.97 Å². The van der Waals surface area contributed by atoms with Crippen molar-refractivity contribution in [1.29, 1.82) is 0 Å². The standard InChI is InChI=1S/C14H16N4O2S/c1-9-6-16-14(17-7-9)21-8-10-3-4-12(20-2)11(5-10)13(15)18-19/h3-7,19H,8H2,1-2H3,(H2,15,18). The number of amidine groups is 1. The van der Waals surface area contributed by atoms with E-state index in [1.54, 1.807) is 18.5 Å². The summed E-state index contributed by atoms with van der Waals surface area (Å²) < 4.78 is 5.20. The van der Waals surface area contributed by atoms with Crippen molar-refractivity contribution >= 4 is 17.6 Å². The molecule has 0 spiro atoms. The zero-order valence-electron chi connectivity index (χ0n) is 11.8. The van der Waals surface area contributed by atoms with Gasteiger partial charge in [-0.3, -0.25) is 0 Å². The van der Waals surface area contributed by atoms with E-state index in [9.17, 15) is 0 Å². The quantitative estimate of drug-likeness (QED) is 0.220. The number of hydrogen-bond acceptors (Lipinski definition) is 6. The van der Waals surface area contributed by atoms with Crippen molar-refractivity contribution in [3.8, 4) is 5.75 Å². The van der Waals surface area contributed by atoms with Gasteiger partial charge < -0.3 is 15.7 Å². The summed E-state index contributed by atoms with van der Waals surface area (Å²) >= 11 is 1.52. The Hall–Kier alpha value is -2.28. The number of ether oxygens (including phenoxy) is 1. The number of benzene rings is 1. The second-order valence-corrected chi connectivity index (χ2v) is 5.29. The first-order valence-electron chi connectivity index (χ1n) is 6.20. The minimum absolute atomic E-state index is 0.0188. The average Bonchev–Trinajstić information content (AvgIpc) is 2.53. The molecule has 1 aromatic carbocycles. The van der Waals surface area contributed by atoms with Crippen LogP contribution in [0.15, 0.2) is 40.9 Å². The Morgan fingerprint density at radius 1 is 1.38 bits per heavy atom. The minimum Gasteiger partial charge on any atom is -0.496 e. The van der Waals surface area contributed by atoms with Gasteiger partial charge in [0.05, 0.1) is 12.7 Å². The van der Waals surface area contributed by atoms with Crippen molar-refractivity contribution in [2.75, 3.05) is 7.11 Å². The highest BCUT2D eigenvalue weighted by atomic mass is 32.2. The lowest BCUT2D eigenvalue weighted by atomic mass is 10.1. The zero-order chi connectivity index (χ0) is 15.2. The number of nitrogens with two attached hydrogens (primary N) is 1. The fourth-order valence-electron chi connectivity index (χ4n) is 1.70. The lowest BCUT2D eigenvalue weighted by Gasteiger charge is -2.09. The van der Waals surface area contributed by atoms with Crippen molar-refractivity contribution in [2.45, 2.75) is 17.8 Å². The average molecular weight is 304 g/mol. The van der Waals surface area contributed by atoms with Crippen LogP contribution in [0.2, 0.25) is 0 Å². The van der Waals surface area contributed by atoms with Crippen LogP contribution in [-0.2, 0) is 5.75 Å². The maximum atomic E-state index is 8.82. The second-order valence-electron chi connectivity index (χ2n) is 4.35. The molecule has 21 heavy (non-hydrogen) atoms. The number of aryl methyl sites for hydroxylation is 1. The number of hydrogen-bond donors (Lipinski definition) is 2. The van der Waals surface area contributed by atoms with E-state index in [0.29, 0.717) is 22.2 Å². The molecule has 3 N–H and O–H groups in total. The molecule has 2 aromatic rings. The summed E-state index contributed by atoms with van der Waals surface area (Å²) in [4.78, 5) is 8.48. The third-order valence-corrected chi connectivity index (χ3v) is 3.72. The summed E-state index contributed by atoms with van der Waals surface area (Å²) in [6.07, 6.45) is 3.57. The predicted molar refractivity (Wildman–Crippen MR) is 81.8 cm³/mol. The molecule has 0 unspecified atom stereocenters. The Morgan fingerprint density at radius 2 is 2.10 bits per heavy atom. The molecule has 0 aliphatic carbocycles. The third-order valence-electron chi connectivity index (χ3n) is 2.77. The lowest BCUT2D eigenvalue weighted by molar-refractivity contribution is 0.318. The maximum Gasteiger partial charge on any atom is 0.187 e. The fraction of sp³-hybridized carbons (Fsp3) is 0.214. The van der Waals surface area contributed by atoms with Crippen LogP contribution in [0.1, 0.15) is 16.7 Å². The summed E-state index contributed by atoms with van der Waals surface area (Å²) in [5.74, 6) is 1.26. The van der Waals surface area contributed by atoms with E-state index in [1.807, 2.05) is 19.1 Å². The van der Waals surface area contributed by atoms with E-state index in [1.165, 1.54) is 18.9 Å². The van der Waals surface area contributed by atoms with Crippen molar-refractivity contribution in [3.63, 3.8) is 0 Å². The molecule has 0 radical (unpaired) electrons. The Labute approximate surface area is 127 Å². The van der Waals surface area contributed by atoms with Gasteiger partial charge in [-0.2, -0.15) is 0 Å². The molecule has 0 amide bonds. The van der Waals surface area contributed by atoms with Gasteiger partial charge in [0.2, 0.25) is 0 Å². The molecule has 0 aliphatic rings. The van der Waals surface area contributed by atoms with Gasteiger partial charge in [-0.05, 0) is 30.2 Å². The molecule has 110 valence electrons. The molecule has 1 heterocycles. The van der Waals surface area contributed by atoms with E-state index in [0.717, 1.165) is 11.1 Å². The van der Waals surface area contributed by atoms with E-state index < -0.39 is 0 Å². The van der Waals surface area contributed by atoms with Crippen LogP contribution in [0, 0.1) is 6.92 Å². The summed E-state index contributed by atoms with van der Waals surface area (Å²) in [5, 5.41) is 12.5. The highest BCUT2D eigenvalue weighted by Gasteiger charge is 2.09. The molecule has 2 rings (SSSR count). The number of thioether (sulfide) groups is 1. The van der Waals surface area contributed by atoms with Crippen LogP contribution in [0.5, 0.6) is 5.75 Å². The first-order chi connectivity index (χ1) is 10.1. The molecule has 0 atom stereocenters. The fourth-order valence-corrected chi connectivity index (χ4v) is 2.43. The third kappa shape index (κ3) is 3.85. The highest BCUT2D eigenvalue weighted by molar-refractivity contribution is 7.98. The van der Waals surface area contributed by atoms with Gasteiger partial charge in [-0.1, -0.05) is 23.0 Å². The lowest BCUT2D eigenvalue weighted by Crippen LogP contribution is -2.14. The van der Waals surface area contributed by atoms with Crippen LogP contribution >= 0.6 is 11.8 Å². The van der Waals surface area contributed by atoms with Crippen LogP contribution in [0.25, 0.3) is 0 Å². The van der Waals surface area contributed by atoms with Crippen molar-refractivity contribution < 1.29 is 9.94 Å². The van der Waals surface area contributed by atoms with Gasteiger partial charge >= 0.3 is 0 Å². The number of aromatic nitrogens is 2. The molecule has 0 saturated carbocycles. The number of oxime groups is 1. The maximum absolute atomic E-state index is 8.82. The SMILES string of the molecule is COc1ccc(CSc2ncc(C)cn2)cc1C(N)=NO. The molecule has 0 aliphatic heterocycles. The Bertz CT molecular complexity index is 644. The van der Waals surface area contributed by atoms with Crippen molar-refractivity contribution in [1.82, 2.24) is 9.97 Å². The van der Waals surface area contributed by atoms with E-state index in [4.69, 9.17) is 15.7 Å². The Kier molecular flexibility index (Phi) is 4.99. The van der Waals surface area contributed by atoms with Crippen LogP contribution in [0.4, 0.5) is 0 Å². The van der Waals surface area contributed by atoms with Gasteiger partial charge in [0.1, 0.15) is 5.75 Å². The molecule has 7 heteroatoms. The monoisotopic (exact) mass is 304 g/mol. The first kappa shape index (κ1) is 15.1. The normalized spacial score (nSPS) is 11.4. The second kappa shape index (κ2) is 6.94. The summed E-state index contributed by atoms with van der Waals surface area (Å²) in [7, 11) is 1.54. The summed E-state index contributed by atoms with van der Waals surface area (Å²) in [6, 6.07) is 5.54.